The van der Waals surface area contributed by atoms with Crippen molar-refractivity contribution < 1.29 is 8.94 Å². The third-order valence-corrected chi connectivity index (χ3v) is 2.61. The molecule has 0 aliphatic rings. The first-order valence-electron chi connectivity index (χ1n) is 5.52. The molecule has 2 heterocycles. The van der Waals surface area contributed by atoms with Gasteiger partial charge in [0.05, 0.1) is 6.26 Å². The molecule has 0 amide bonds. The van der Waals surface area contributed by atoms with E-state index in [1.807, 2.05) is 30.3 Å². The summed E-state index contributed by atoms with van der Waals surface area (Å²) in [4.78, 5) is 4.23. The SMILES string of the molecule is N[C@H](c1ccccc1)c1nc(-c2ccco2)no1. The van der Waals surface area contributed by atoms with Gasteiger partial charge in [0.15, 0.2) is 5.76 Å². The molecule has 0 fully saturated rings. The Hall–Kier alpha value is -2.40. The molecule has 18 heavy (non-hydrogen) atoms. The van der Waals surface area contributed by atoms with E-state index in [4.69, 9.17) is 14.7 Å². The molecule has 5 heteroatoms. The molecule has 1 aromatic carbocycles. The van der Waals surface area contributed by atoms with Crippen molar-refractivity contribution in [1.29, 1.82) is 0 Å². The summed E-state index contributed by atoms with van der Waals surface area (Å²) in [6, 6.07) is 12.7. The predicted octanol–water partition coefficient (Wildman–Crippen LogP) is 2.38. The summed E-state index contributed by atoms with van der Waals surface area (Å²) in [6.45, 7) is 0. The van der Waals surface area contributed by atoms with Crippen molar-refractivity contribution in [3.05, 3.63) is 60.2 Å². The summed E-state index contributed by atoms with van der Waals surface area (Å²) in [5, 5.41) is 3.85. The Kier molecular flexibility index (Phi) is 2.66. The molecule has 3 rings (SSSR count). The fourth-order valence-corrected chi connectivity index (χ4v) is 1.67. The van der Waals surface area contributed by atoms with E-state index in [0.29, 0.717) is 17.5 Å². The smallest absolute Gasteiger partial charge is 0.248 e. The molecule has 0 spiro atoms. The molecule has 5 nitrogen and oxygen atoms in total. The minimum absolute atomic E-state index is 0.368. The van der Waals surface area contributed by atoms with E-state index in [1.54, 1.807) is 18.4 Å². The molecule has 3 aromatic rings. The van der Waals surface area contributed by atoms with Crippen LogP contribution in [0.2, 0.25) is 0 Å². The number of hydrogen-bond donors (Lipinski definition) is 1. The fourth-order valence-electron chi connectivity index (χ4n) is 1.67. The van der Waals surface area contributed by atoms with E-state index in [0.717, 1.165) is 5.56 Å². The van der Waals surface area contributed by atoms with E-state index in [2.05, 4.69) is 10.1 Å². The van der Waals surface area contributed by atoms with Gasteiger partial charge >= 0.3 is 0 Å². The molecule has 0 saturated carbocycles. The van der Waals surface area contributed by atoms with Crippen LogP contribution < -0.4 is 5.73 Å². The van der Waals surface area contributed by atoms with Crippen molar-refractivity contribution in [3.63, 3.8) is 0 Å². The topological polar surface area (TPSA) is 78.1 Å². The second-order valence-corrected chi connectivity index (χ2v) is 3.82. The lowest BCUT2D eigenvalue weighted by Crippen LogP contribution is -2.11. The van der Waals surface area contributed by atoms with E-state index in [1.165, 1.54) is 0 Å². The van der Waals surface area contributed by atoms with E-state index < -0.39 is 6.04 Å². The summed E-state index contributed by atoms with van der Waals surface area (Å²) >= 11 is 0. The highest BCUT2D eigenvalue weighted by Gasteiger charge is 2.18. The summed E-state index contributed by atoms with van der Waals surface area (Å²) in [5.41, 5.74) is 6.98. The Bertz CT molecular complexity index is 617. The van der Waals surface area contributed by atoms with Crippen LogP contribution >= 0.6 is 0 Å². The molecule has 0 bridgehead atoms. The Balaban J connectivity index is 1.90. The standard InChI is InChI=1S/C13H11N3O2/c14-11(9-5-2-1-3-6-9)13-15-12(16-18-13)10-7-4-8-17-10/h1-8,11H,14H2/t11-/m1/s1. The van der Waals surface area contributed by atoms with Crippen LogP contribution in [0.3, 0.4) is 0 Å². The van der Waals surface area contributed by atoms with Gasteiger partial charge < -0.3 is 14.7 Å². The van der Waals surface area contributed by atoms with Gasteiger partial charge in [-0.25, -0.2) is 0 Å². The number of rotatable bonds is 3. The molecule has 0 radical (unpaired) electrons. The van der Waals surface area contributed by atoms with Gasteiger partial charge in [-0.05, 0) is 17.7 Å². The lowest BCUT2D eigenvalue weighted by atomic mass is 10.1. The minimum Gasteiger partial charge on any atom is -0.461 e. The normalized spacial score (nSPS) is 12.5. The van der Waals surface area contributed by atoms with Crippen molar-refractivity contribution in [1.82, 2.24) is 10.1 Å². The van der Waals surface area contributed by atoms with Crippen molar-refractivity contribution in [2.24, 2.45) is 5.73 Å². The van der Waals surface area contributed by atoms with E-state index >= 15 is 0 Å². The number of nitrogens with zero attached hydrogens (tertiary/aromatic N) is 2. The third-order valence-electron chi connectivity index (χ3n) is 2.61. The lowest BCUT2D eigenvalue weighted by molar-refractivity contribution is 0.366. The zero-order chi connectivity index (χ0) is 12.4. The molecule has 0 aliphatic heterocycles. The predicted molar refractivity (Wildman–Crippen MR) is 64.5 cm³/mol. The van der Waals surface area contributed by atoms with Crippen LogP contribution in [0, 0.1) is 0 Å². The first kappa shape index (κ1) is 10.7. The quantitative estimate of drug-likeness (QED) is 0.761. The molecule has 0 aliphatic carbocycles. The van der Waals surface area contributed by atoms with Gasteiger partial charge in [-0.15, -0.1) is 0 Å². The van der Waals surface area contributed by atoms with Crippen LogP contribution in [0.4, 0.5) is 0 Å². The van der Waals surface area contributed by atoms with Crippen molar-refractivity contribution in [3.8, 4) is 11.6 Å². The Labute approximate surface area is 103 Å². The average molecular weight is 241 g/mol. The average Bonchev–Trinajstić information content (AvgIpc) is 3.09. The maximum Gasteiger partial charge on any atom is 0.248 e. The second-order valence-electron chi connectivity index (χ2n) is 3.82. The maximum atomic E-state index is 6.06. The van der Waals surface area contributed by atoms with Crippen LogP contribution in [-0.4, -0.2) is 10.1 Å². The largest absolute Gasteiger partial charge is 0.461 e. The second kappa shape index (κ2) is 4.46. The highest BCUT2D eigenvalue weighted by atomic mass is 16.5. The van der Waals surface area contributed by atoms with E-state index in [-0.39, 0.29) is 0 Å². The molecule has 0 saturated heterocycles. The molecule has 2 aromatic heterocycles. The first-order chi connectivity index (χ1) is 8.84. The van der Waals surface area contributed by atoms with Gasteiger partial charge in [-0.1, -0.05) is 35.5 Å². The summed E-state index contributed by atoms with van der Waals surface area (Å²) < 4.78 is 10.4. The van der Waals surface area contributed by atoms with Gasteiger partial charge in [0, 0.05) is 0 Å². The van der Waals surface area contributed by atoms with Crippen molar-refractivity contribution >= 4 is 0 Å². The lowest BCUT2D eigenvalue weighted by Gasteiger charge is -2.05. The summed E-state index contributed by atoms with van der Waals surface area (Å²) in [7, 11) is 0. The van der Waals surface area contributed by atoms with Crippen LogP contribution in [0.1, 0.15) is 17.5 Å². The maximum absolute atomic E-state index is 6.06. The van der Waals surface area contributed by atoms with Gasteiger partial charge in [0.25, 0.3) is 0 Å². The Morgan fingerprint density at radius 2 is 1.89 bits per heavy atom. The van der Waals surface area contributed by atoms with Crippen LogP contribution in [0.5, 0.6) is 0 Å². The Morgan fingerprint density at radius 1 is 1.06 bits per heavy atom. The highest BCUT2D eigenvalue weighted by molar-refractivity contribution is 5.45. The Morgan fingerprint density at radius 3 is 2.61 bits per heavy atom. The summed E-state index contributed by atoms with van der Waals surface area (Å²) in [5.74, 6) is 1.33. The molecule has 90 valence electrons. The van der Waals surface area contributed by atoms with Gasteiger partial charge in [-0.3, -0.25) is 0 Å². The minimum atomic E-state index is -0.428. The first-order valence-corrected chi connectivity index (χ1v) is 5.52. The number of furan rings is 1. The monoisotopic (exact) mass is 241 g/mol. The van der Waals surface area contributed by atoms with Gasteiger partial charge in [0.1, 0.15) is 6.04 Å². The molecule has 2 N–H and O–H groups in total. The van der Waals surface area contributed by atoms with Gasteiger partial charge in [0.2, 0.25) is 11.7 Å². The zero-order valence-corrected chi connectivity index (χ0v) is 9.48. The number of hydrogen-bond acceptors (Lipinski definition) is 5. The fraction of sp³-hybridized carbons (Fsp3) is 0.0769. The zero-order valence-electron chi connectivity index (χ0n) is 9.48. The molecule has 0 unspecified atom stereocenters. The summed E-state index contributed by atoms with van der Waals surface area (Å²) in [6.07, 6.45) is 1.56. The van der Waals surface area contributed by atoms with Crippen LogP contribution in [0.25, 0.3) is 11.6 Å². The third kappa shape index (κ3) is 1.91. The van der Waals surface area contributed by atoms with Crippen LogP contribution in [-0.2, 0) is 0 Å². The number of nitrogens with two attached hydrogens (primary N) is 1. The van der Waals surface area contributed by atoms with Crippen molar-refractivity contribution in [2.45, 2.75) is 6.04 Å². The van der Waals surface area contributed by atoms with Crippen molar-refractivity contribution in [2.75, 3.05) is 0 Å². The molecular formula is C13H11N3O2. The number of benzene rings is 1. The van der Waals surface area contributed by atoms with E-state index in [9.17, 15) is 0 Å². The molecular weight excluding hydrogens is 230 g/mol. The van der Waals surface area contributed by atoms with Crippen LogP contribution in [0.15, 0.2) is 57.7 Å². The number of aromatic nitrogens is 2. The molecule has 1 atom stereocenters. The highest BCUT2D eigenvalue weighted by Crippen LogP contribution is 2.21. The van der Waals surface area contributed by atoms with Gasteiger partial charge in [-0.2, -0.15) is 4.98 Å².